The zero-order chi connectivity index (χ0) is 11.0. The second-order valence-corrected chi connectivity index (χ2v) is 5.02. The van der Waals surface area contributed by atoms with Gasteiger partial charge in [0.15, 0.2) is 0 Å². The molecule has 0 amide bonds. The highest BCUT2D eigenvalue weighted by molar-refractivity contribution is 5.07. The first-order chi connectivity index (χ1) is 7.84. The van der Waals surface area contributed by atoms with E-state index >= 15 is 0 Å². The van der Waals surface area contributed by atoms with E-state index in [0.717, 1.165) is 25.6 Å². The van der Waals surface area contributed by atoms with Crippen molar-refractivity contribution in [2.75, 3.05) is 19.7 Å². The standard InChI is InChI=1S/C12H19N3O/c1-9-4-10(5-9)15-8-14-6-11(15)12-7-13-2-3-16-12/h6,8-10,12-13H,2-5,7H2,1H3. The summed E-state index contributed by atoms with van der Waals surface area (Å²) in [5.74, 6) is 0.866. The summed E-state index contributed by atoms with van der Waals surface area (Å²) in [7, 11) is 0. The molecule has 1 aromatic rings. The second-order valence-electron chi connectivity index (χ2n) is 5.02. The first kappa shape index (κ1) is 10.3. The zero-order valence-corrected chi connectivity index (χ0v) is 9.72. The number of aromatic nitrogens is 2. The Morgan fingerprint density at radius 3 is 3.06 bits per heavy atom. The summed E-state index contributed by atoms with van der Waals surface area (Å²) in [5.41, 5.74) is 1.24. The molecule has 1 atom stereocenters. The quantitative estimate of drug-likeness (QED) is 0.823. The van der Waals surface area contributed by atoms with E-state index in [1.807, 2.05) is 12.5 Å². The van der Waals surface area contributed by atoms with Gasteiger partial charge in [0.2, 0.25) is 0 Å². The Morgan fingerprint density at radius 2 is 2.38 bits per heavy atom. The smallest absolute Gasteiger partial charge is 0.111 e. The summed E-state index contributed by atoms with van der Waals surface area (Å²) in [4.78, 5) is 4.28. The van der Waals surface area contributed by atoms with Gasteiger partial charge in [0, 0.05) is 19.1 Å². The van der Waals surface area contributed by atoms with Crippen LogP contribution in [0.4, 0.5) is 0 Å². The maximum Gasteiger partial charge on any atom is 0.111 e. The number of morpholine rings is 1. The molecular weight excluding hydrogens is 202 g/mol. The van der Waals surface area contributed by atoms with E-state index in [1.165, 1.54) is 18.5 Å². The van der Waals surface area contributed by atoms with Gasteiger partial charge in [-0.3, -0.25) is 0 Å². The Kier molecular flexibility index (Phi) is 2.69. The van der Waals surface area contributed by atoms with Crippen LogP contribution in [-0.4, -0.2) is 29.2 Å². The molecule has 4 heteroatoms. The van der Waals surface area contributed by atoms with Crippen LogP contribution in [0.15, 0.2) is 12.5 Å². The van der Waals surface area contributed by atoms with Gasteiger partial charge in [-0.2, -0.15) is 0 Å². The normalized spacial score (nSPS) is 34.7. The van der Waals surface area contributed by atoms with E-state index in [4.69, 9.17) is 4.74 Å². The number of rotatable bonds is 2. The lowest BCUT2D eigenvalue weighted by Gasteiger charge is -2.36. The minimum atomic E-state index is 0.187. The van der Waals surface area contributed by atoms with E-state index < -0.39 is 0 Å². The first-order valence-corrected chi connectivity index (χ1v) is 6.18. The molecule has 2 heterocycles. The Morgan fingerprint density at radius 1 is 1.50 bits per heavy atom. The van der Waals surface area contributed by atoms with Crippen molar-refractivity contribution in [2.24, 2.45) is 5.92 Å². The molecule has 1 N–H and O–H groups in total. The number of hydrogen-bond donors (Lipinski definition) is 1. The van der Waals surface area contributed by atoms with Crippen molar-refractivity contribution in [3.05, 3.63) is 18.2 Å². The van der Waals surface area contributed by atoms with Crippen LogP contribution in [0.2, 0.25) is 0 Å². The van der Waals surface area contributed by atoms with E-state index in [0.29, 0.717) is 6.04 Å². The molecule has 4 nitrogen and oxygen atoms in total. The zero-order valence-electron chi connectivity index (χ0n) is 9.72. The maximum absolute atomic E-state index is 5.79. The molecule has 2 fully saturated rings. The van der Waals surface area contributed by atoms with E-state index in [-0.39, 0.29) is 6.10 Å². The van der Waals surface area contributed by atoms with Gasteiger partial charge in [-0.25, -0.2) is 4.98 Å². The van der Waals surface area contributed by atoms with Gasteiger partial charge in [-0.15, -0.1) is 0 Å². The molecule has 16 heavy (non-hydrogen) atoms. The van der Waals surface area contributed by atoms with Gasteiger partial charge < -0.3 is 14.6 Å². The van der Waals surface area contributed by atoms with E-state index in [2.05, 4.69) is 21.8 Å². The fraction of sp³-hybridized carbons (Fsp3) is 0.750. The molecular formula is C12H19N3O. The molecule has 1 aliphatic heterocycles. The summed E-state index contributed by atoms with van der Waals surface area (Å²) >= 11 is 0. The molecule has 1 aromatic heterocycles. The predicted octanol–water partition coefficient (Wildman–Crippen LogP) is 1.52. The number of hydrogen-bond acceptors (Lipinski definition) is 3. The lowest BCUT2D eigenvalue weighted by molar-refractivity contribution is 0.0198. The highest BCUT2D eigenvalue weighted by Crippen LogP contribution is 2.39. The van der Waals surface area contributed by atoms with Gasteiger partial charge in [-0.1, -0.05) is 6.92 Å². The molecule has 1 saturated heterocycles. The first-order valence-electron chi connectivity index (χ1n) is 6.18. The van der Waals surface area contributed by atoms with Crippen molar-refractivity contribution in [1.82, 2.24) is 14.9 Å². The summed E-state index contributed by atoms with van der Waals surface area (Å²) in [6, 6.07) is 0.651. The van der Waals surface area contributed by atoms with Gasteiger partial charge in [0.1, 0.15) is 6.10 Å². The largest absolute Gasteiger partial charge is 0.369 e. The lowest BCUT2D eigenvalue weighted by Crippen LogP contribution is -2.35. The highest BCUT2D eigenvalue weighted by Gasteiger charge is 2.30. The Labute approximate surface area is 96.0 Å². The third kappa shape index (κ3) is 1.76. The van der Waals surface area contributed by atoms with Crippen LogP contribution < -0.4 is 5.32 Å². The van der Waals surface area contributed by atoms with Gasteiger partial charge in [0.25, 0.3) is 0 Å². The number of imidazole rings is 1. The predicted molar refractivity (Wildman–Crippen MR) is 61.2 cm³/mol. The molecule has 0 aromatic carbocycles. The number of nitrogens with zero attached hydrogens (tertiary/aromatic N) is 2. The summed E-state index contributed by atoms with van der Waals surface area (Å²) in [5, 5.41) is 3.37. The van der Waals surface area contributed by atoms with Crippen molar-refractivity contribution >= 4 is 0 Å². The van der Waals surface area contributed by atoms with Crippen molar-refractivity contribution in [2.45, 2.75) is 31.9 Å². The van der Waals surface area contributed by atoms with Crippen LogP contribution in [-0.2, 0) is 4.74 Å². The van der Waals surface area contributed by atoms with Crippen molar-refractivity contribution in [3.8, 4) is 0 Å². The Hall–Kier alpha value is -0.870. The molecule has 0 bridgehead atoms. The minimum Gasteiger partial charge on any atom is -0.369 e. The third-order valence-corrected chi connectivity index (χ3v) is 3.70. The molecule has 1 saturated carbocycles. The summed E-state index contributed by atoms with van der Waals surface area (Å²) in [6.07, 6.45) is 6.67. The fourth-order valence-electron chi connectivity index (χ4n) is 2.71. The molecule has 88 valence electrons. The average Bonchev–Trinajstić information content (AvgIpc) is 2.74. The molecule has 2 aliphatic rings. The van der Waals surface area contributed by atoms with Crippen LogP contribution in [0.1, 0.15) is 37.6 Å². The van der Waals surface area contributed by atoms with Crippen molar-refractivity contribution in [1.29, 1.82) is 0 Å². The number of nitrogens with one attached hydrogen (secondary N) is 1. The number of ether oxygens (including phenoxy) is 1. The monoisotopic (exact) mass is 221 g/mol. The van der Waals surface area contributed by atoms with Crippen LogP contribution in [0.3, 0.4) is 0 Å². The molecule has 1 unspecified atom stereocenters. The molecule has 3 rings (SSSR count). The lowest BCUT2D eigenvalue weighted by atomic mass is 9.81. The topological polar surface area (TPSA) is 39.1 Å². The molecule has 0 spiro atoms. The van der Waals surface area contributed by atoms with Crippen LogP contribution in [0.25, 0.3) is 0 Å². The molecule has 0 radical (unpaired) electrons. The maximum atomic E-state index is 5.79. The second kappa shape index (κ2) is 4.18. The van der Waals surface area contributed by atoms with E-state index in [9.17, 15) is 0 Å². The fourth-order valence-corrected chi connectivity index (χ4v) is 2.71. The molecule has 1 aliphatic carbocycles. The summed E-state index contributed by atoms with van der Waals surface area (Å²) in [6.45, 7) is 4.99. The minimum absolute atomic E-state index is 0.187. The van der Waals surface area contributed by atoms with E-state index in [1.54, 1.807) is 0 Å². The average molecular weight is 221 g/mol. The third-order valence-electron chi connectivity index (χ3n) is 3.70. The SMILES string of the molecule is CC1CC(n2cncc2C2CNCCO2)C1. The highest BCUT2D eigenvalue weighted by atomic mass is 16.5. The van der Waals surface area contributed by atoms with Crippen molar-refractivity contribution in [3.63, 3.8) is 0 Å². The Bertz CT molecular complexity index is 351. The van der Waals surface area contributed by atoms with Crippen molar-refractivity contribution < 1.29 is 4.74 Å². The Balaban J connectivity index is 1.76. The summed E-state index contributed by atoms with van der Waals surface area (Å²) < 4.78 is 8.10. The van der Waals surface area contributed by atoms with Gasteiger partial charge in [-0.05, 0) is 18.8 Å². The van der Waals surface area contributed by atoms with Gasteiger partial charge >= 0.3 is 0 Å². The van der Waals surface area contributed by atoms with Crippen LogP contribution >= 0.6 is 0 Å². The van der Waals surface area contributed by atoms with Crippen LogP contribution in [0, 0.1) is 5.92 Å². The van der Waals surface area contributed by atoms with Crippen LogP contribution in [0.5, 0.6) is 0 Å². The van der Waals surface area contributed by atoms with Gasteiger partial charge in [0.05, 0.1) is 24.8 Å².